The minimum absolute atomic E-state index is 0.00872. The highest BCUT2D eigenvalue weighted by molar-refractivity contribution is 6.32. The van der Waals surface area contributed by atoms with Crippen molar-refractivity contribution in [1.29, 1.82) is 0 Å². The summed E-state index contributed by atoms with van der Waals surface area (Å²) < 4.78 is 42.3. The minimum Gasteiger partial charge on any atom is -0.323 e. The van der Waals surface area contributed by atoms with Gasteiger partial charge in [0.05, 0.1) is 34.3 Å². The average Bonchev–Trinajstić information content (AvgIpc) is 3.31. The lowest BCUT2D eigenvalue weighted by molar-refractivity contribution is -0.141. The first-order valence-electron chi connectivity index (χ1n) is 8.80. The number of hydrogen-bond acceptors (Lipinski definition) is 3. The molecule has 6 nitrogen and oxygen atoms in total. The van der Waals surface area contributed by atoms with E-state index in [2.05, 4.69) is 15.5 Å². The molecular weight excluding hydrogens is 383 g/mol. The summed E-state index contributed by atoms with van der Waals surface area (Å²) in [5.41, 5.74) is 1.47. The van der Waals surface area contributed by atoms with Gasteiger partial charge in [0, 0.05) is 18.9 Å². The van der Waals surface area contributed by atoms with Crippen LogP contribution in [0, 0.1) is 13.8 Å². The predicted octanol–water partition coefficient (Wildman–Crippen LogP) is 4.29. The van der Waals surface area contributed by atoms with E-state index in [1.807, 2.05) is 13.8 Å². The van der Waals surface area contributed by atoms with Gasteiger partial charge >= 0.3 is 6.18 Å². The summed E-state index contributed by atoms with van der Waals surface area (Å²) in [7, 11) is 0. The summed E-state index contributed by atoms with van der Waals surface area (Å²) in [5, 5.41) is 10.4. The number of carbonyl (C=O) groups is 1. The smallest absolute Gasteiger partial charge is 0.323 e. The van der Waals surface area contributed by atoms with Gasteiger partial charge in [-0.05, 0) is 33.6 Å². The van der Waals surface area contributed by atoms with Gasteiger partial charge in [0.25, 0.3) is 0 Å². The van der Waals surface area contributed by atoms with Gasteiger partial charge in [-0.25, -0.2) is 0 Å². The molecule has 148 valence electrons. The van der Waals surface area contributed by atoms with E-state index < -0.39 is 11.9 Å². The van der Waals surface area contributed by atoms with E-state index >= 15 is 0 Å². The molecular formula is C17H21ClF3N5O. The number of halogens is 4. The number of rotatable bonds is 6. The van der Waals surface area contributed by atoms with E-state index in [0.29, 0.717) is 23.6 Å². The van der Waals surface area contributed by atoms with E-state index in [4.69, 9.17) is 11.6 Å². The molecule has 10 heteroatoms. The first kappa shape index (κ1) is 19.7. The molecule has 1 aliphatic rings. The Balaban J connectivity index is 1.73. The van der Waals surface area contributed by atoms with Gasteiger partial charge in [0.1, 0.15) is 0 Å². The van der Waals surface area contributed by atoms with Gasteiger partial charge in [-0.2, -0.15) is 23.4 Å². The Morgan fingerprint density at radius 2 is 1.93 bits per heavy atom. The highest BCUT2D eigenvalue weighted by Crippen LogP contribution is 2.46. The highest BCUT2D eigenvalue weighted by atomic mass is 35.5. The molecule has 27 heavy (non-hydrogen) atoms. The Bertz CT molecular complexity index is 867. The summed E-state index contributed by atoms with van der Waals surface area (Å²) >= 11 is 5.94. The van der Waals surface area contributed by atoms with Crippen molar-refractivity contribution in [3.63, 3.8) is 0 Å². The quantitative estimate of drug-likeness (QED) is 0.782. The number of hydrogen-bond donors (Lipinski definition) is 1. The van der Waals surface area contributed by atoms with E-state index in [1.165, 1.54) is 4.68 Å². The zero-order valence-corrected chi connectivity index (χ0v) is 16.1. The molecule has 2 aromatic heterocycles. The molecule has 0 atom stereocenters. The van der Waals surface area contributed by atoms with Crippen LogP contribution >= 0.6 is 11.6 Å². The lowest BCUT2D eigenvalue weighted by Gasteiger charge is -2.08. The summed E-state index contributed by atoms with van der Waals surface area (Å²) in [6.07, 6.45) is -3.06. The van der Waals surface area contributed by atoms with Crippen LogP contribution in [0.3, 0.4) is 0 Å². The molecule has 1 amide bonds. The molecule has 0 spiro atoms. The largest absolute Gasteiger partial charge is 0.436 e. The standard InChI is InChI=1S/C17H21ClF3N5O/c1-4-25-10(3)14(9(2)23-25)22-12(27)7-8-26-15(11-5-6-11)13(18)16(24-26)17(19,20)21/h11H,4-8H2,1-3H3,(H,22,27). The Morgan fingerprint density at radius 1 is 1.26 bits per heavy atom. The Labute approximate surface area is 159 Å². The fourth-order valence-electron chi connectivity index (χ4n) is 3.15. The monoisotopic (exact) mass is 403 g/mol. The van der Waals surface area contributed by atoms with Crippen LogP contribution in [-0.4, -0.2) is 25.5 Å². The summed E-state index contributed by atoms with van der Waals surface area (Å²) in [6.45, 7) is 6.31. The van der Waals surface area contributed by atoms with Crippen molar-refractivity contribution in [3.8, 4) is 0 Å². The van der Waals surface area contributed by atoms with Crippen molar-refractivity contribution in [2.75, 3.05) is 5.32 Å². The van der Waals surface area contributed by atoms with Crippen LogP contribution in [0.1, 0.15) is 54.9 Å². The fourth-order valence-corrected chi connectivity index (χ4v) is 3.54. The Kier molecular flexibility index (Phi) is 5.24. The van der Waals surface area contributed by atoms with Crippen LogP contribution in [0.2, 0.25) is 5.02 Å². The van der Waals surface area contributed by atoms with Crippen molar-refractivity contribution >= 4 is 23.2 Å². The normalized spacial score (nSPS) is 14.6. The number of alkyl halides is 3. The summed E-state index contributed by atoms with van der Waals surface area (Å²) in [6, 6.07) is 0. The van der Waals surface area contributed by atoms with E-state index in [-0.39, 0.29) is 29.8 Å². The SMILES string of the molecule is CCn1nc(C)c(NC(=O)CCn2nc(C(F)(F)F)c(Cl)c2C2CC2)c1C. The lowest BCUT2D eigenvalue weighted by atomic mass is 10.2. The molecule has 1 aliphatic carbocycles. The van der Waals surface area contributed by atoms with E-state index in [0.717, 1.165) is 18.5 Å². The van der Waals surface area contributed by atoms with Crippen molar-refractivity contribution in [2.24, 2.45) is 0 Å². The van der Waals surface area contributed by atoms with Gasteiger partial charge in [-0.1, -0.05) is 11.6 Å². The first-order valence-corrected chi connectivity index (χ1v) is 9.18. The van der Waals surface area contributed by atoms with Crippen LogP contribution in [0.25, 0.3) is 0 Å². The van der Waals surface area contributed by atoms with Gasteiger partial charge in [-0.3, -0.25) is 14.2 Å². The summed E-state index contributed by atoms with van der Waals surface area (Å²) in [5.74, 6) is -0.324. The van der Waals surface area contributed by atoms with Gasteiger partial charge in [0.2, 0.25) is 5.91 Å². The van der Waals surface area contributed by atoms with Crippen molar-refractivity contribution in [2.45, 2.75) is 65.2 Å². The lowest BCUT2D eigenvalue weighted by Crippen LogP contribution is -2.17. The third kappa shape index (κ3) is 3.97. The number of nitrogens with one attached hydrogen (secondary N) is 1. The molecule has 2 aromatic rings. The molecule has 0 aliphatic heterocycles. The molecule has 0 bridgehead atoms. The zero-order valence-electron chi connectivity index (χ0n) is 15.3. The van der Waals surface area contributed by atoms with Crippen LogP contribution < -0.4 is 5.32 Å². The third-order valence-electron chi connectivity index (χ3n) is 4.66. The molecule has 2 heterocycles. The number of anilines is 1. The Hall–Kier alpha value is -2.03. The second-order valence-electron chi connectivity index (χ2n) is 6.70. The number of amides is 1. The van der Waals surface area contributed by atoms with Crippen molar-refractivity contribution in [1.82, 2.24) is 19.6 Å². The molecule has 0 unspecified atom stereocenters. The molecule has 0 radical (unpaired) electrons. The second kappa shape index (κ2) is 7.18. The fraction of sp³-hybridized carbons (Fsp3) is 0.588. The molecule has 1 fully saturated rings. The average molecular weight is 404 g/mol. The maximum atomic E-state index is 13.1. The van der Waals surface area contributed by atoms with Gasteiger partial charge in [-0.15, -0.1) is 0 Å². The van der Waals surface area contributed by atoms with Gasteiger partial charge in [0.15, 0.2) is 5.69 Å². The number of aromatic nitrogens is 4. The summed E-state index contributed by atoms with van der Waals surface area (Å²) in [4.78, 5) is 12.3. The highest BCUT2D eigenvalue weighted by Gasteiger charge is 2.42. The number of carbonyl (C=O) groups excluding carboxylic acids is 1. The first-order chi connectivity index (χ1) is 12.6. The van der Waals surface area contributed by atoms with Crippen LogP contribution in [-0.2, 0) is 24.1 Å². The molecule has 1 N–H and O–H groups in total. The zero-order chi connectivity index (χ0) is 19.9. The van der Waals surface area contributed by atoms with Gasteiger partial charge < -0.3 is 5.32 Å². The van der Waals surface area contributed by atoms with Crippen LogP contribution in [0.4, 0.5) is 18.9 Å². The van der Waals surface area contributed by atoms with Crippen LogP contribution in [0.15, 0.2) is 0 Å². The second-order valence-corrected chi connectivity index (χ2v) is 7.08. The topological polar surface area (TPSA) is 64.7 Å². The van der Waals surface area contributed by atoms with E-state index in [9.17, 15) is 18.0 Å². The van der Waals surface area contributed by atoms with E-state index in [1.54, 1.807) is 11.6 Å². The maximum Gasteiger partial charge on any atom is 0.436 e. The van der Waals surface area contributed by atoms with Crippen molar-refractivity contribution in [3.05, 3.63) is 27.8 Å². The number of nitrogens with zero attached hydrogens (tertiary/aromatic N) is 4. The molecule has 1 saturated carbocycles. The van der Waals surface area contributed by atoms with Crippen LogP contribution in [0.5, 0.6) is 0 Å². The molecule has 0 saturated heterocycles. The van der Waals surface area contributed by atoms with Crippen molar-refractivity contribution < 1.29 is 18.0 Å². The molecule has 3 rings (SSSR count). The third-order valence-corrected chi connectivity index (χ3v) is 5.03. The molecule has 0 aromatic carbocycles. The minimum atomic E-state index is -4.61. The Morgan fingerprint density at radius 3 is 2.44 bits per heavy atom. The number of aryl methyl sites for hydroxylation is 3. The maximum absolute atomic E-state index is 13.1. The predicted molar refractivity (Wildman–Crippen MR) is 94.8 cm³/mol.